The van der Waals surface area contributed by atoms with E-state index >= 15 is 0 Å². The van der Waals surface area contributed by atoms with Gasteiger partial charge in [-0.3, -0.25) is 9.59 Å². The van der Waals surface area contributed by atoms with Gasteiger partial charge in [-0.05, 0) is 54.4 Å². The van der Waals surface area contributed by atoms with E-state index < -0.39 is 0 Å². The van der Waals surface area contributed by atoms with Crippen LogP contribution < -0.4 is 10.2 Å². The first-order valence-electron chi connectivity index (χ1n) is 7.91. The third-order valence-electron chi connectivity index (χ3n) is 4.43. The average molecular weight is 319 g/mol. The first kappa shape index (κ1) is 14.5. The van der Waals surface area contributed by atoms with Gasteiger partial charge in [0.2, 0.25) is 5.91 Å². The summed E-state index contributed by atoms with van der Waals surface area (Å²) < 4.78 is 0. The van der Waals surface area contributed by atoms with Crippen LogP contribution in [0.1, 0.15) is 22.8 Å². The predicted molar refractivity (Wildman–Crippen MR) is 94.4 cm³/mol. The van der Waals surface area contributed by atoms with Gasteiger partial charge in [0.25, 0.3) is 5.91 Å². The molecule has 1 aliphatic heterocycles. The van der Waals surface area contributed by atoms with Gasteiger partial charge >= 0.3 is 0 Å². The zero-order chi connectivity index (χ0) is 16.7. The number of nitrogens with one attached hydrogen (secondary N) is 2. The summed E-state index contributed by atoms with van der Waals surface area (Å²) in [6, 6.07) is 13.2. The summed E-state index contributed by atoms with van der Waals surface area (Å²) in [4.78, 5) is 29.0. The van der Waals surface area contributed by atoms with Gasteiger partial charge in [0, 0.05) is 47.5 Å². The lowest BCUT2D eigenvalue weighted by Crippen LogP contribution is -2.25. The van der Waals surface area contributed by atoms with Gasteiger partial charge in [0.15, 0.2) is 0 Å². The molecular formula is C19H17N3O2. The predicted octanol–water partition coefficient (Wildman–Crippen LogP) is 3.33. The number of H-pyrrole nitrogens is 1. The molecule has 2 amide bonds. The fourth-order valence-corrected chi connectivity index (χ4v) is 3.20. The maximum atomic E-state index is 12.5. The van der Waals surface area contributed by atoms with Crippen LogP contribution in [-0.4, -0.2) is 23.3 Å². The Bertz CT molecular complexity index is 958. The SMILES string of the molecule is CC(=O)N1CCc2cc(C(=O)Nc3ccc4[nH]ccc4c3)ccc21. The first-order chi connectivity index (χ1) is 11.6. The number of aromatic nitrogens is 1. The molecule has 0 spiro atoms. The molecule has 0 radical (unpaired) electrons. The molecule has 2 N–H and O–H groups in total. The van der Waals surface area contributed by atoms with E-state index in [1.54, 1.807) is 17.9 Å². The molecule has 0 aliphatic carbocycles. The second kappa shape index (κ2) is 5.53. The lowest BCUT2D eigenvalue weighted by atomic mass is 10.1. The van der Waals surface area contributed by atoms with Crippen molar-refractivity contribution in [3.05, 3.63) is 59.8 Å². The van der Waals surface area contributed by atoms with E-state index in [1.165, 1.54) is 0 Å². The summed E-state index contributed by atoms with van der Waals surface area (Å²) in [5, 5.41) is 3.99. The van der Waals surface area contributed by atoms with Crippen LogP contribution in [0.15, 0.2) is 48.7 Å². The highest BCUT2D eigenvalue weighted by Crippen LogP contribution is 2.29. The van der Waals surface area contributed by atoms with E-state index in [4.69, 9.17) is 0 Å². The molecule has 2 heterocycles. The Morgan fingerprint density at radius 2 is 2.00 bits per heavy atom. The quantitative estimate of drug-likeness (QED) is 0.761. The lowest BCUT2D eigenvalue weighted by Gasteiger charge is -2.14. The molecule has 0 unspecified atom stereocenters. The topological polar surface area (TPSA) is 65.2 Å². The van der Waals surface area contributed by atoms with Crippen LogP contribution in [0.25, 0.3) is 10.9 Å². The van der Waals surface area contributed by atoms with Gasteiger partial charge < -0.3 is 15.2 Å². The molecule has 4 rings (SSSR count). The van der Waals surface area contributed by atoms with E-state index in [9.17, 15) is 9.59 Å². The van der Waals surface area contributed by atoms with Crippen LogP contribution in [0.2, 0.25) is 0 Å². The van der Waals surface area contributed by atoms with Crippen molar-refractivity contribution in [1.82, 2.24) is 4.98 Å². The maximum absolute atomic E-state index is 12.5. The number of anilines is 2. The monoisotopic (exact) mass is 319 g/mol. The van der Waals surface area contributed by atoms with Crippen molar-refractivity contribution in [1.29, 1.82) is 0 Å². The minimum absolute atomic E-state index is 0.0331. The van der Waals surface area contributed by atoms with Gasteiger partial charge in [0.1, 0.15) is 0 Å². The second-order valence-corrected chi connectivity index (χ2v) is 6.00. The number of aromatic amines is 1. The lowest BCUT2D eigenvalue weighted by molar-refractivity contribution is -0.116. The summed E-state index contributed by atoms with van der Waals surface area (Å²) in [6.45, 7) is 2.24. The van der Waals surface area contributed by atoms with Crippen LogP contribution in [0.3, 0.4) is 0 Å². The standard InChI is InChI=1S/C19H17N3O2/c1-12(23)22-9-7-14-10-15(2-5-18(14)22)19(24)21-16-3-4-17-13(11-16)6-8-20-17/h2-6,8,10-11,20H,7,9H2,1H3,(H,21,24). The highest BCUT2D eigenvalue weighted by atomic mass is 16.2. The van der Waals surface area contributed by atoms with Crippen molar-refractivity contribution in [3.8, 4) is 0 Å². The Kier molecular flexibility index (Phi) is 3.34. The first-order valence-corrected chi connectivity index (χ1v) is 7.91. The Morgan fingerprint density at radius 1 is 1.12 bits per heavy atom. The van der Waals surface area contributed by atoms with Crippen molar-refractivity contribution in [2.24, 2.45) is 0 Å². The number of benzene rings is 2. The Morgan fingerprint density at radius 3 is 2.83 bits per heavy atom. The summed E-state index contributed by atoms with van der Waals surface area (Å²) in [6.07, 6.45) is 2.66. The molecule has 0 bridgehead atoms. The Balaban J connectivity index is 1.57. The van der Waals surface area contributed by atoms with Gasteiger partial charge in [-0.1, -0.05) is 0 Å². The van der Waals surface area contributed by atoms with Crippen LogP contribution in [0.4, 0.5) is 11.4 Å². The third-order valence-corrected chi connectivity index (χ3v) is 4.43. The third kappa shape index (κ3) is 2.44. The van der Waals surface area contributed by atoms with Crippen molar-refractivity contribution in [2.75, 3.05) is 16.8 Å². The fraction of sp³-hybridized carbons (Fsp3) is 0.158. The van der Waals surface area contributed by atoms with E-state index in [2.05, 4.69) is 10.3 Å². The minimum atomic E-state index is -0.144. The Hall–Kier alpha value is -3.08. The number of hydrogen-bond acceptors (Lipinski definition) is 2. The summed E-state index contributed by atoms with van der Waals surface area (Å²) in [5.74, 6) is -0.111. The average Bonchev–Trinajstić information content (AvgIpc) is 3.20. The number of amides is 2. The second-order valence-electron chi connectivity index (χ2n) is 6.00. The zero-order valence-electron chi connectivity index (χ0n) is 13.3. The molecule has 3 aromatic rings. The van der Waals surface area contributed by atoms with E-state index in [0.717, 1.165) is 34.3 Å². The normalized spacial score (nSPS) is 13.1. The summed E-state index contributed by atoms with van der Waals surface area (Å²) in [7, 11) is 0. The van der Waals surface area contributed by atoms with Crippen molar-refractivity contribution >= 4 is 34.1 Å². The van der Waals surface area contributed by atoms with Gasteiger partial charge in [-0.25, -0.2) is 0 Å². The molecule has 1 aromatic heterocycles. The number of nitrogens with zero attached hydrogens (tertiary/aromatic N) is 1. The van der Waals surface area contributed by atoms with Crippen molar-refractivity contribution < 1.29 is 9.59 Å². The largest absolute Gasteiger partial charge is 0.361 e. The molecule has 5 nitrogen and oxygen atoms in total. The summed E-state index contributed by atoms with van der Waals surface area (Å²) >= 11 is 0. The van der Waals surface area contributed by atoms with E-state index in [1.807, 2.05) is 42.6 Å². The highest BCUT2D eigenvalue weighted by Gasteiger charge is 2.23. The molecule has 0 atom stereocenters. The van der Waals surface area contributed by atoms with E-state index in [0.29, 0.717) is 12.1 Å². The smallest absolute Gasteiger partial charge is 0.255 e. The number of hydrogen-bond donors (Lipinski definition) is 2. The molecule has 24 heavy (non-hydrogen) atoms. The van der Waals surface area contributed by atoms with Crippen LogP contribution >= 0.6 is 0 Å². The van der Waals surface area contributed by atoms with Gasteiger partial charge in [-0.15, -0.1) is 0 Å². The number of carbonyl (C=O) groups is 2. The zero-order valence-corrected chi connectivity index (χ0v) is 13.3. The maximum Gasteiger partial charge on any atom is 0.255 e. The van der Waals surface area contributed by atoms with Crippen LogP contribution in [0.5, 0.6) is 0 Å². The molecule has 5 heteroatoms. The number of fused-ring (bicyclic) bond motifs is 2. The fourth-order valence-electron chi connectivity index (χ4n) is 3.20. The molecule has 0 saturated heterocycles. The molecule has 1 aliphatic rings. The molecule has 120 valence electrons. The number of rotatable bonds is 2. The van der Waals surface area contributed by atoms with Crippen molar-refractivity contribution in [2.45, 2.75) is 13.3 Å². The van der Waals surface area contributed by atoms with E-state index in [-0.39, 0.29) is 11.8 Å². The highest BCUT2D eigenvalue weighted by molar-refractivity contribution is 6.06. The molecular weight excluding hydrogens is 302 g/mol. The molecule has 0 saturated carbocycles. The van der Waals surface area contributed by atoms with Crippen LogP contribution in [-0.2, 0) is 11.2 Å². The van der Waals surface area contributed by atoms with Gasteiger partial charge in [-0.2, -0.15) is 0 Å². The van der Waals surface area contributed by atoms with Crippen molar-refractivity contribution in [3.63, 3.8) is 0 Å². The minimum Gasteiger partial charge on any atom is -0.361 e. The van der Waals surface area contributed by atoms with Gasteiger partial charge in [0.05, 0.1) is 0 Å². The molecule has 0 fully saturated rings. The number of carbonyl (C=O) groups excluding carboxylic acids is 2. The van der Waals surface area contributed by atoms with Crippen LogP contribution in [0, 0.1) is 0 Å². The Labute approximate surface area is 139 Å². The summed E-state index contributed by atoms with van der Waals surface area (Å²) in [5.41, 5.74) is 4.35. The molecule has 2 aromatic carbocycles.